The maximum atomic E-state index is 12.1. The van der Waals surface area contributed by atoms with Crippen molar-refractivity contribution >= 4 is 15.9 Å². The van der Waals surface area contributed by atoms with Gasteiger partial charge in [0.15, 0.2) is 0 Å². The molecular weight excluding hydrogens is 346 g/mol. The third kappa shape index (κ3) is 6.20. The quantitative estimate of drug-likeness (QED) is 0.441. The van der Waals surface area contributed by atoms with Crippen molar-refractivity contribution in [2.45, 2.75) is 26.5 Å². The molecule has 0 saturated carbocycles. The molecule has 0 amide bonds. The Kier molecular flexibility index (Phi) is 7.86. The molecule has 1 aliphatic rings. The van der Waals surface area contributed by atoms with E-state index in [-0.39, 0.29) is 13.2 Å². The van der Waals surface area contributed by atoms with Gasteiger partial charge in [-0.3, -0.25) is 18.6 Å². The standard InChI is InChI=1S/C12H28N2O7P2/c1-11(2,3)12(10-23(17,18)19,14-6-4-13-5-7-14)21-22(16)20-9-8-15/h13,15,22H,4-10H2,1-3H3,(H2,17,18,19). The van der Waals surface area contributed by atoms with Gasteiger partial charge in [-0.1, -0.05) is 20.8 Å². The summed E-state index contributed by atoms with van der Waals surface area (Å²) in [5.41, 5.74) is -2.16. The lowest BCUT2D eigenvalue weighted by Gasteiger charge is -2.52. The fourth-order valence-corrected chi connectivity index (χ4v) is 5.18. The van der Waals surface area contributed by atoms with Crippen LogP contribution in [0.25, 0.3) is 0 Å². The number of nitrogens with zero attached hydrogens (tertiary/aromatic N) is 1. The van der Waals surface area contributed by atoms with Crippen LogP contribution < -0.4 is 5.32 Å². The van der Waals surface area contributed by atoms with Crippen molar-refractivity contribution < 1.29 is 33.1 Å². The summed E-state index contributed by atoms with van der Waals surface area (Å²) in [5, 5.41) is 11.9. The van der Waals surface area contributed by atoms with Crippen LogP contribution in [0.1, 0.15) is 20.8 Å². The van der Waals surface area contributed by atoms with Crippen molar-refractivity contribution in [3.05, 3.63) is 0 Å². The molecule has 1 fully saturated rings. The maximum absolute atomic E-state index is 12.1. The molecule has 4 N–H and O–H groups in total. The highest BCUT2D eigenvalue weighted by Gasteiger charge is 2.53. The van der Waals surface area contributed by atoms with Crippen LogP contribution in [0.2, 0.25) is 0 Å². The van der Waals surface area contributed by atoms with Gasteiger partial charge in [0, 0.05) is 31.6 Å². The first-order chi connectivity index (χ1) is 10.5. The molecule has 2 atom stereocenters. The first kappa shape index (κ1) is 21.2. The normalized spacial score (nSPS) is 21.8. The van der Waals surface area contributed by atoms with E-state index >= 15 is 0 Å². The van der Waals surface area contributed by atoms with E-state index in [1.54, 1.807) is 20.8 Å². The Hall–Kier alpha value is 0.180. The highest BCUT2D eigenvalue weighted by Crippen LogP contribution is 2.52. The van der Waals surface area contributed by atoms with Crippen molar-refractivity contribution in [3.8, 4) is 0 Å². The molecule has 0 aromatic carbocycles. The smallest absolute Gasteiger partial charge is 0.329 e. The van der Waals surface area contributed by atoms with E-state index < -0.39 is 33.2 Å². The van der Waals surface area contributed by atoms with Gasteiger partial charge in [-0.15, -0.1) is 0 Å². The van der Waals surface area contributed by atoms with Crippen molar-refractivity contribution in [2.75, 3.05) is 45.6 Å². The largest absolute Gasteiger partial charge is 0.394 e. The summed E-state index contributed by atoms with van der Waals surface area (Å²) >= 11 is 0. The summed E-state index contributed by atoms with van der Waals surface area (Å²) in [6.45, 7) is 7.17. The van der Waals surface area contributed by atoms with Crippen LogP contribution in [0.3, 0.4) is 0 Å². The summed E-state index contributed by atoms with van der Waals surface area (Å²) in [5.74, 6) is 0. The molecule has 0 spiro atoms. The van der Waals surface area contributed by atoms with Gasteiger partial charge in [0.2, 0.25) is 0 Å². The SMILES string of the molecule is CC(C)(C)C(CP(=O)(O)O)(O[PH](=O)OCCO)N1CCNCC1. The number of aliphatic hydroxyl groups excluding tert-OH is 1. The third-order valence-corrected chi connectivity index (χ3v) is 5.57. The van der Waals surface area contributed by atoms with E-state index in [1.165, 1.54) is 0 Å². The second-order valence-corrected chi connectivity index (χ2v) is 9.16. The molecule has 0 aromatic heterocycles. The van der Waals surface area contributed by atoms with Crippen LogP contribution >= 0.6 is 15.9 Å². The topological polar surface area (TPSA) is 129 Å². The van der Waals surface area contributed by atoms with E-state index in [2.05, 4.69) is 5.32 Å². The van der Waals surface area contributed by atoms with Gasteiger partial charge in [0.1, 0.15) is 5.72 Å². The van der Waals surface area contributed by atoms with Gasteiger partial charge in [-0.25, -0.2) is 0 Å². The average molecular weight is 374 g/mol. The van der Waals surface area contributed by atoms with Crippen LogP contribution in [0.4, 0.5) is 0 Å². The number of aliphatic hydroxyl groups is 1. The zero-order valence-corrected chi connectivity index (χ0v) is 15.7. The minimum absolute atomic E-state index is 0.157. The Bertz CT molecular complexity index is 445. The van der Waals surface area contributed by atoms with Crippen molar-refractivity contribution in [1.29, 1.82) is 0 Å². The molecule has 138 valence electrons. The van der Waals surface area contributed by atoms with Crippen LogP contribution in [0, 0.1) is 5.41 Å². The number of hydrogen-bond acceptors (Lipinski definition) is 7. The van der Waals surface area contributed by atoms with E-state index in [0.717, 1.165) is 0 Å². The molecule has 1 heterocycles. The molecule has 1 saturated heterocycles. The minimum atomic E-state index is -4.45. The average Bonchev–Trinajstić information content (AvgIpc) is 2.42. The summed E-state index contributed by atoms with van der Waals surface area (Å²) in [6.07, 6.45) is -0.581. The van der Waals surface area contributed by atoms with Crippen LogP contribution in [-0.2, 0) is 18.2 Å². The van der Waals surface area contributed by atoms with E-state index in [1.807, 2.05) is 4.90 Å². The van der Waals surface area contributed by atoms with E-state index in [9.17, 15) is 18.9 Å². The lowest BCUT2D eigenvalue weighted by Crippen LogP contribution is -2.64. The van der Waals surface area contributed by atoms with Crippen LogP contribution in [0.5, 0.6) is 0 Å². The minimum Gasteiger partial charge on any atom is -0.394 e. The second kappa shape index (κ2) is 8.52. The Balaban J connectivity index is 3.17. The highest BCUT2D eigenvalue weighted by molar-refractivity contribution is 7.51. The predicted molar refractivity (Wildman–Crippen MR) is 86.7 cm³/mol. The van der Waals surface area contributed by atoms with Crippen LogP contribution in [-0.4, -0.2) is 71.1 Å². The number of nitrogens with one attached hydrogen (secondary N) is 1. The Morgan fingerprint density at radius 2 is 1.83 bits per heavy atom. The third-order valence-electron chi connectivity index (χ3n) is 3.78. The van der Waals surface area contributed by atoms with Crippen molar-refractivity contribution in [1.82, 2.24) is 10.2 Å². The molecule has 1 rings (SSSR count). The summed E-state index contributed by atoms with van der Waals surface area (Å²) in [4.78, 5) is 20.9. The monoisotopic (exact) mass is 374 g/mol. The van der Waals surface area contributed by atoms with Gasteiger partial charge in [-0.05, 0) is 0 Å². The van der Waals surface area contributed by atoms with Gasteiger partial charge in [0.05, 0.1) is 19.4 Å². The number of rotatable bonds is 8. The zero-order chi connectivity index (χ0) is 17.7. The Morgan fingerprint density at radius 3 is 2.26 bits per heavy atom. The maximum Gasteiger partial charge on any atom is 0.329 e. The van der Waals surface area contributed by atoms with Gasteiger partial charge in [0.25, 0.3) is 0 Å². The molecule has 2 unspecified atom stereocenters. The molecule has 1 aliphatic heterocycles. The Morgan fingerprint density at radius 1 is 1.26 bits per heavy atom. The highest BCUT2D eigenvalue weighted by atomic mass is 31.2. The lowest BCUT2D eigenvalue weighted by atomic mass is 9.82. The van der Waals surface area contributed by atoms with Crippen LogP contribution in [0.15, 0.2) is 0 Å². The van der Waals surface area contributed by atoms with Crippen molar-refractivity contribution in [3.63, 3.8) is 0 Å². The van der Waals surface area contributed by atoms with Gasteiger partial charge in [-0.2, -0.15) is 0 Å². The molecule has 0 aromatic rings. The number of hydrogen-bond donors (Lipinski definition) is 4. The van der Waals surface area contributed by atoms with Gasteiger partial charge >= 0.3 is 15.9 Å². The molecule has 0 bridgehead atoms. The summed E-state index contributed by atoms with van der Waals surface area (Å²) < 4.78 is 34.4. The first-order valence-corrected chi connectivity index (χ1v) is 10.5. The van der Waals surface area contributed by atoms with E-state index in [0.29, 0.717) is 26.2 Å². The lowest BCUT2D eigenvalue weighted by molar-refractivity contribution is -0.149. The molecule has 9 nitrogen and oxygen atoms in total. The number of piperazine rings is 1. The first-order valence-electron chi connectivity index (χ1n) is 7.49. The van der Waals surface area contributed by atoms with E-state index in [4.69, 9.17) is 14.2 Å². The molecule has 0 radical (unpaired) electrons. The fourth-order valence-electron chi connectivity index (χ4n) is 2.66. The fraction of sp³-hybridized carbons (Fsp3) is 1.00. The molecular formula is C12H28N2O7P2. The van der Waals surface area contributed by atoms with Crippen molar-refractivity contribution in [2.24, 2.45) is 5.41 Å². The second-order valence-electron chi connectivity index (χ2n) is 6.52. The summed E-state index contributed by atoms with van der Waals surface area (Å²) in [7, 11) is -7.47. The molecule has 11 heteroatoms. The summed E-state index contributed by atoms with van der Waals surface area (Å²) in [6, 6.07) is 0. The zero-order valence-electron chi connectivity index (χ0n) is 13.8. The molecule has 23 heavy (non-hydrogen) atoms. The van der Waals surface area contributed by atoms with Gasteiger partial charge < -0.3 is 24.7 Å². The molecule has 0 aliphatic carbocycles. The Labute approximate surface area is 137 Å². The predicted octanol–water partition coefficient (Wildman–Crippen LogP) is 0.227.